The summed E-state index contributed by atoms with van der Waals surface area (Å²) in [6, 6.07) is 8.58. The maximum absolute atomic E-state index is 11.3. The largest absolute Gasteiger partial charge is 0.445 e. The van der Waals surface area contributed by atoms with E-state index in [4.69, 9.17) is 16.3 Å². The summed E-state index contributed by atoms with van der Waals surface area (Å²) in [5, 5.41) is 1.80. The van der Waals surface area contributed by atoms with Crippen molar-refractivity contribution in [3.05, 3.63) is 35.9 Å². The number of carbonyl (C=O) groups excluding carboxylic acids is 2. The monoisotopic (exact) mass is 255 g/mol. The fraction of sp³-hybridized carbons (Fsp3) is 0.333. The number of carbonyl (C=O) groups is 2. The van der Waals surface area contributed by atoms with Crippen molar-refractivity contribution >= 4 is 22.9 Å². The van der Waals surface area contributed by atoms with Gasteiger partial charge in [0.15, 0.2) is 0 Å². The van der Waals surface area contributed by atoms with Crippen molar-refractivity contribution in [2.45, 2.75) is 26.0 Å². The molecule has 4 nitrogen and oxygen atoms in total. The van der Waals surface area contributed by atoms with Crippen LogP contribution in [0.3, 0.4) is 0 Å². The molecule has 1 N–H and O–H groups in total. The van der Waals surface area contributed by atoms with E-state index < -0.39 is 17.4 Å². The van der Waals surface area contributed by atoms with Gasteiger partial charge >= 0.3 is 6.09 Å². The molecule has 0 aliphatic carbocycles. The molecule has 0 unspecified atom stereocenters. The lowest BCUT2D eigenvalue weighted by molar-refractivity contribution is -0.113. The Morgan fingerprint density at radius 1 is 1.35 bits per heavy atom. The van der Waals surface area contributed by atoms with Crippen molar-refractivity contribution in [1.29, 1.82) is 0 Å². The third-order valence-corrected chi connectivity index (χ3v) is 2.45. The highest BCUT2D eigenvalue weighted by Crippen LogP contribution is 2.02. The van der Waals surface area contributed by atoms with Crippen LogP contribution < -0.4 is 5.32 Å². The Bertz CT molecular complexity index is 381. The fourth-order valence-corrected chi connectivity index (χ4v) is 1.44. The fourth-order valence-electron chi connectivity index (χ4n) is 1.23. The van der Waals surface area contributed by atoms with E-state index in [1.165, 1.54) is 0 Å². The summed E-state index contributed by atoms with van der Waals surface area (Å²) < 4.78 is 4.95. The van der Waals surface area contributed by atoms with Gasteiger partial charge in [-0.05, 0) is 23.6 Å². The highest BCUT2D eigenvalue weighted by atomic mass is 35.5. The molecule has 92 valence electrons. The van der Waals surface area contributed by atoms with Gasteiger partial charge in [-0.1, -0.05) is 37.3 Å². The van der Waals surface area contributed by atoms with Crippen LogP contribution in [0.4, 0.5) is 4.79 Å². The number of hydrogen-bond donors (Lipinski definition) is 1. The molecule has 1 atom stereocenters. The van der Waals surface area contributed by atoms with Crippen LogP contribution in [0, 0.1) is 0 Å². The molecule has 0 spiro atoms. The molecule has 0 saturated carbocycles. The second-order valence-corrected chi connectivity index (χ2v) is 3.84. The molecular weight excluding hydrogens is 242 g/mol. The molecule has 1 aromatic carbocycles. The van der Waals surface area contributed by atoms with Crippen LogP contribution in [-0.4, -0.2) is 17.4 Å². The maximum atomic E-state index is 11.3. The van der Waals surface area contributed by atoms with Crippen LogP contribution >= 0.6 is 11.6 Å². The lowest BCUT2D eigenvalue weighted by Gasteiger charge is -2.12. The molecular formula is C12H14ClNO3. The number of benzene rings is 1. The average Bonchev–Trinajstić information content (AvgIpc) is 2.34. The number of rotatable bonds is 5. The Morgan fingerprint density at radius 2 is 2.00 bits per heavy atom. The Morgan fingerprint density at radius 3 is 2.53 bits per heavy atom. The summed E-state index contributed by atoms with van der Waals surface area (Å²) in [7, 11) is 0. The summed E-state index contributed by atoms with van der Waals surface area (Å²) >= 11 is 5.30. The molecule has 0 aliphatic rings. The zero-order chi connectivity index (χ0) is 12.7. The van der Waals surface area contributed by atoms with Crippen molar-refractivity contribution < 1.29 is 14.3 Å². The first-order valence-corrected chi connectivity index (χ1v) is 5.67. The smallest absolute Gasteiger partial charge is 0.408 e. The molecule has 0 fully saturated rings. The highest BCUT2D eigenvalue weighted by molar-refractivity contribution is 6.64. The van der Waals surface area contributed by atoms with Crippen molar-refractivity contribution in [2.24, 2.45) is 0 Å². The Labute approximate surface area is 105 Å². The first-order valence-electron chi connectivity index (χ1n) is 5.30. The first-order chi connectivity index (χ1) is 8.13. The van der Waals surface area contributed by atoms with Crippen LogP contribution in [0.1, 0.15) is 18.9 Å². The number of ether oxygens (including phenoxy) is 1. The van der Waals surface area contributed by atoms with Gasteiger partial charge in [0.05, 0.1) is 0 Å². The summed E-state index contributed by atoms with van der Waals surface area (Å²) in [6.07, 6.45) is -0.210. The van der Waals surface area contributed by atoms with Crippen LogP contribution in [0.5, 0.6) is 0 Å². The molecule has 1 rings (SSSR count). The van der Waals surface area contributed by atoms with Gasteiger partial charge in [-0.3, -0.25) is 4.79 Å². The molecule has 1 aromatic rings. The Hall–Kier alpha value is -1.55. The summed E-state index contributed by atoms with van der Waals surface area (Å²) in [4.78, 5) is 22.2. The van der Waals surface area contributed by atoms with E-state index in [-0.39, 0.29) is 6.61 Å². The van der Waals surface area contributed by atoms with E-state index >= 15 is 0 Å². The number of halogens is 1. The molecule has 1 amide bonds. The standard InChI is InChI=1S/C12H14ClNO3/c1-2-10(11(13)15)14-12(16)17-8-9-6-4-3-5-7-9/h3-7,10H,2,8H2,1H3,(H,14,16)/t10-/m1/s1. The topological polar surface area (TPSA) is 55.4 Å². The molecule has 0 aliphatic heterocycles. The van der Waals surface area contributed by atoms with E-state index in [0.717, 1.165) is 5.56 Å². The van der Waals surface area contributed by atoms with E-state index in [0.29, 0.717) is 6.42 Å². The second kappa shape index (κ2) is 6.91. The van der Waals surface area contributed by atoms with Crippen LogP contribution in [0.15, 0.2) is 30.3 Å². The minimum Gasteiger partial charge on any atom is -0.445 e. The lowest BCUT2D eigenvalue weighted by atomic mass is 10.2. The van der Waals surface area contributed by atoms with Gasteiger partial charge in [-0.15, -0.1) is 0 Å². The van der Waals surface area contributed by atoms with E-state index in [1.807, 2.05) is 30.3 Å². The van der Waals surface area contributed by atoms with Crippen molar-refractivity contribution in [3.63, 3.8) is 0 Å². The normalized spacial score (nSPS) is 11.6. The third-order valence-electron chi connectivity index (χ3n) is 2.19. The minimum absolute atomic E-state index is 0.166. The molecule has 0 radical (unpaired) electrons. The second-order valence-electron chi connectivity index (χ2n) is 3.47. The van der Waals surface area contributed by atoms with Crippen LogP contribution in [0.25, 0.3) is 0 Å². The van der Waals surface area contributed by atoms with E-state index in [9.17, 15) is 9.59 Å². The average molecular weight is 256 g/mol. The van der Waals surface area contributed by atoms with Crippen molar-refractivity contribution in [2.75, 3.05) is 0 Å². The molecule has 0 saturated heterocycles. The molecule has 0 aromatic heterocycles. The van der Waals surface area contributed by atoms with Gasteiger partial charge in [-0.25, -0.2) is 4.79 Å². The predicted octanol–water partition coefficient (Wildman–Crippen LogP) is 2.46. The molecule has 0 heterocycles. The Balaban J connectivity index is 2.37. The lowest BCUT2D eigenvalue weighted by Crippen LogP contribution is -2.38. The van der Waals surface area contributed by atoms with Gasteiger partial charge in [0.25, 0.3) is 0 Å². The minimum atomic E-state index is -0.694. The van der Waals surface area contributed by atoms with Crippen LogP contribution in [-0.2, 0) is 16.1 Å². The SMILES string of the molecule is CC[C@@H](NC(=O)OCc1ccccc1)C(=O)Cl. The molecule has 0 bridgehead atoms. The number of hydrogen-bond acceptors (Lipinski definition) is 3. The van der Waals surface area contributed by atoms with Gasteiger partial charge < -0.3 is 10.1 Å². The zero-order valence-electron chi connectivity index (χ0n) is 9.48. The summed E-state index contributed by atoms with van der Waals surface area (Å²) in [5.41, 5.74) is 0.882. The number of amides is 1. The molecule has 17 heavy (non-hydrogen) atoms. The predicted molar refractivity (Wildman–Crippen MR) is 64.7 cm³/mol. The number of alkyl carbamates (subject to hydrolysis) is 1. The maximum Gasteiger partial charge on any atom is 0.408 e. The quantitative estimate of drug-likeness (QED) is 0.823. The van der Waals surface area contributed by atoms with Gasteiger partial charge in [0.2, 0.25) is 5.24 Å². The van der Waals surface area contributed by atoms with Gasteiger partial charge in [0.1, 0.15) is 12.6 Å². The van der Waals surface area contributed by atoms with E-state index in [1.54, 1.807) is 6.92 Å². The summed E-state index contributed by atoms with van der Waals surface area (Å²) in [6.45, 7) is 1.92. The van der Waals surface area contributed by atoms with Gasteiger partial charge in [-0.2, -0.15) is 0 Å². The zero-order valence-corrected chi connectivity index (χ0v) is 10.2. The molecule has 5 heteroatoms. The third kappa shape index (κ3) is 4.87. The van der Waals surface area contributed by atoms with E-state index in [2.05, 4.69) is 5.32 Å². The Kier molecular flexibility index (Phi) is 5.49. The van der Waals surface area contributed by atoms with Crippen molar-refractivity contribution in [3.8, 4) is 0 Å². The van der Waals surface area contributed by atoms with Crippen LogP contribution in [0.2, 0.25) is 0 Å². The summed E-state index contributed by atoms with van der Waals surface area (Å²) in [5.74, 6) is 0. The van der Waals surface area contributed by atoms with Gasteiger partial charge in [0, 0.05) is 0 Å². The first kappa shape index (κ1) is 13.5. The van der Waals surface area contributed by atoms with Crippen molar-refractivity contribution in [1.82, 2.24) is 5.32 Å². The highest BCUT2D eigenvalue weighted by Gasteiger charge is 2.17. The number of nitrogens with one attached hydrogen (secondary N) is 1.